The Morgan fingerprint density at radius 2 is 2.00 bits per heavy atom. The number of aromatic nitrogens is 2. The molecule has 1 aromatic heterocycles. The number of methoxy groups -OCH3 is 2. The lowest BCUT2D eigenvalue weighted by Crippen LogP contribution is -1.99. The highest BCUT2D eigenvalue weighted by atomic mass is 32.2. The number of imidazole rings is 1. The Hall–Kier alpha value is -1.95. The van der Waals surface area contributed by atoms with Crippen molar-refractivity contribution in [1.29, 1.82) is 0 Å². The van der Waals surface area contributed by atoms with Gasteiger partial charge in [0.2, 0.25) is 5.12 Å². The number of carbonyl (C=O) groups excluding carboxylic acids is 1. The highest BCUT2D eigenvalue weighted by Crippen LogP contribution is 2.30. The quantitative estimate of drug-likeness (QED) is 0.804. The zero-order valence-corrected chi connectivity index (χ0v) is 11.7. The molecule has 0 N–H and O–H groups in total. The van der Waals surface area contributed by atoms with Gasteiger partial charge in [-0.25, -0.2) is 4.98 Å². The molecule has 0 radical (unpaired) electrons. The summed E-state index contributed by atoms with van der Waals surface area (Å²) in [4.78, 5) is 16.3. The fourth-order valence-corrected chi connectivity index (χ4v) is 2.28. The van der Waals surface area contributed by atoms with Crippen LogP contribution in [0.25, 0.3) is 0 Å². The molecule has 0 saturated heterocycles. The number of thioether (sulfide) groups is 1. The van der Waals surface area contributed by atoms with Gasteiger partial charge >= 0.3 is 0 Å². The fraction of sp³-hybridized carbons (Fsp3) is 0.231. The number of hydrogen-bond acceptors (Lipinski definition) is 5. The van der Waals surface area contributed by atoms with Gasteiger partial charge in [-0.15, -0.1) is 0 Å². The second-order valence-corrected chi connectivity index (χ2v) is 4.72. The molecule has 0 aliphatic heterocycles. The number of benzene rings is 1. The summed E-state index contributed by atoms with van der Waals surface area (Å²) in [7, 11) is 4.94. The molecule has 6 heteroatoms. The van der Waals surface area contributed by atoms with Crippen LogP contribution in [-0.4, -0.2) is 28.9 Å². The minimum Gasteiger partial charge on any atom is -0.493 e. The normalized spacial score (nSPS) is 10.3. The Morgan fingerprint density at radius 3 is 2.58 bits per heavy atom. The predicted octanol–water partition coefficient (Wildman–Crippen LogP) is 2.37. The van der Waals surface area contributed by atoms with Crippen molar-refractivity contribution in [2.24, 2.45) is 7.05 Å². The maximum absolute atomic E-state index is 12.1. The second-order valence-electron chi connectivity index (χ2n) is 3.78. The molecule has 5 nitrogen and oxygen atoms in total. The van der Waals surface area contributed by atoms with E-state index >= 15 is 0 Å². The van der Waals surface area contributed by atoms with E-state index in [-0.39, 0.29) is 5.12 Å². The van der Waals surface area contributed by atoms with Gasteiger partial charge in [0.05, 0.1) is 14.2 Å². The third-order valence-electron chi connectivity index (χ3n) is 2.58. The van der Waals surface area contributed by atoms with E-state index in [0.717, 1.165) is 11.8 Å². The zero-order valence-electron chi connectivity index (χ0n) is 10.9. The van der Waals surface area contributed by atoms with Gasteiger partial charge in [-0.05, 0) is 30.0 Å². The first-order chi connectivity index (χ1) is 9.15. The highest BCUT2D eigenvalue weighted by molar-refractivity contribution is 8.14. The monoisotopic (exact) mass is 278 g/mol. The fourth-order valence-electron chi connectivity index (χ4n) is 1.56. The number of rotatable bonds is 4. The summed E-state index contributed by atoms with van der Waals surface area (Å²) < 4.78 is 12.1. The van der Waals surface area contributed by atoms with Crippen molar-refractivity contribution < 1.29 is 14.3 Å². The molecule has 100 valence electrons. The van der Waals surface area contributed by atoms with Crippen molar-refractivity contribution in [1.82, 2.24) is 9.55 Å². The SMILES string of the molecule is COc1ccc(C(=O)Sc2nccn2C)cc1OC. The van der Waals surface area contributed by atoms with Gasteiger partial charge < -0.3 is 14.0 Å². The molecule has 0 aliphatic rings. The van der Waals surface area contributed by atoms with E-state index in [1.165, 1.54) is 7.11 Å². The third-order valence-corrected chi connectivity index (χ3v) is 3.58. The van der Waals surface area contributed by atoms with Gasteiger partial charge in [-0.3, -0.25) is 4.79 Å². The molecule has 1 aromatic carbocycles. The Morgan fingerprint density at radius 1 is 1.26 bits per heavy atom. The molecule has 2 rings (SSSR count). The van der Waals surface area contributed by atoms with Crippen molar-refractivity contribution in [2.45, 2.75) is 5.16 Å². The Bertz CT molecular complexity index is 595. The Balaban J connectivity index is 2.22. The van der Waals surface area contributed by atoms with Crippen LogP contribution in [0.2, 0.25) is 0 Å². The lowest BCUT2D eigenvalue weighted by molar-refractivity contribution is 0.108. The van der Waals surface area contributed by atoms with Gasteiger partial charge in [0, 0.05) is 25.0 Å². The van der Waals surface area contributed by atoms with Crippen molar-refractivity contribution in [3.8, 4) is 11.5 Å². The summed E-state index contributed by atoms with van der Waals surface area (Å²) in [6, 6.07) is 5.09. The van der Waals surface area contributed by atoms with Crippen molar-refractivity contribution >= 4 is 16.9 Å². The van der Waals surface area contributed by atoms with Crippen LogP contribution in [0.4, 0.5) is 0 Å². The molecule has 1 heterocycles. The van der Waals surface area contributed by atoms with Gasteiger partial charge in [-0.2, -0.15) is 0 Å². The largest absolute Gasteiger partial charge is 0.493 e. The summed E-state index contributed by atoms with van der Waals surface area (Å²) >= 11 is 1.08. The van der Waals surface area contributed by atoms with E-state index in [2.05, 4.69) is 4.98 Å². The predicted molar refractivity (Wildman–Crippen MR) is 72.9 cm³/mol. The van der Waals surface area contributed by atoms with Crippen LogP contribution in [0, 0.1) is 0 Å². The van der Waals surface area contributed by atoms with Crippen LogP contribution >= 0.6 is 11.8 Å². The lowest BCUT2D eigenvalue weighted by atomic mass is 10.2. The first kappa shape index (κ1) is 13.5. The first-order valence-corrected chi connectivity index (χ1v) is 6.39. The van der Waals surface area contributed by atoms with Crippen LogP contribution < -0.4 is 9.47 Å². The van der Waals surface area contributed by atoms with Gasteiger partial charge in [0.15, 0.2) is 16.7 Å². The minimum atomic E-state index is -0.0877. The molecular weight excluding hydrogens is 264 g/mol. The average molecular weight is 278 g/mol. The number of carbonyl (C=O) groups is 1. The van der Waals surface area contributed by atoms with Gasteiger partial charge in [-0.1, -0.05) is 0 Å². The molecule has 2 aromatic rings. The van der Waals surface area contributed by atoms with Crippen molar-refractivity contribution in [2.75, 3.05) is 14.2 Å². The van der Waals surface area contributed by atoms with E-state index in [4.69, 9.17) is 9.47 Å². The second kappa shape index (κ2) is 5.79. The minimum absolute atomic E-state index is 0.0877. The number of ether oxygens (including phenoxy) is 2. The van der Waals surface area contributed by atoms with Gasteiger partial charge in [0.1, 0.15) is 0 Å². The van der Waals surface area contributed by atoms with Crippen LogP contribution in [-0.2, 0) is 7.05 Å². The summed E-state index contributed by atoms with van der Waals surface area (Å²) in [5, 5.41) is 0.565. The standard InChI is InChI=1S/C13H14N2O3S/c1-15-7-6-14-13(15)19-12(16)9-4-5-10(17-2)11(8-9)18-3/h4-8H,1-3H3. The average Bonchev–Trinajstić information content (AvgIpc) is 2.83. The molecule has 0 aliphatic carbocycles. The van der Waals surface area contributed by atoms with E-state index in [1.54, 1.807) is 42.3 Å². The maximum atomic E-state index is 12.1. The molecular formula is C13H14N2O3S. The Labute approximate surface area is 115 Å². The van der Waals surface area contributed by atoms with Crippen LogP contribution in [0.1, 0.15) is 10.4 Å². The molecule has 0 amide bonds. The highest BCUT2D eigenvalue weighted by Gasteiger charge is 2.14. The smallest absolute Gasteiger partial charge is 0.227 e. The summed E-state index contributed by atoms with van der Waals surface area (Å²) in [5.74, 6) is 1.13. The van der Waals surface area contributed by atoms with Crippen molar-refractivity contribution in [3.63, 3.8) is 0 Å². The molecule has 0 atom stereocenters. The van der Waals surface area contributed by atoms with Crippen LogP contribution in [0.15, 0.2) is 35.7 Å². The van der Waals surface area contributed by atoms with Crippen molar-refractivity contribution in [3.05, 3.63) is 36.2 Å². The third kappa shape index (κ3) is 2.90. The molecule has 0 spiro atoms. The van der Waals surface area contributed by atoms with Gasteiger partial charge in [0.25, 0.3) is 0 Å². The molecule has 0 bridgehead atoms. The molecule has 0 unspecified atom stereocenters. The van der Waals surface area contributed by atoms with E-state index in [1.807, 2.05) is 7.05 Å². The summed E-state index contributed by atoms with van der Waals surface area (Å²) in [6.07, 6.45) is 3.45. The summed E-state index contributed by atoms with van der Waals surface area (Å²) in [6.45, 7) is 0. The van der Waals surface area contributed by atoms with Crippen LogP contribution in [0.5, 0.6) is 11.5 Å². The number of nitrogens with zero attached hydrogens (tertiary/aromatic N) is 2. The Kier molecular flexibility index (Phi) is 4.11. The number of hydrogen-bond donors (Lipinski definition) is 0. The van der Waals surface area contributed by atoms with E-state index in [9.17, 15) is 4.79 Å². The lowest BCUT2D eigenvalue weighted by Gasteiger charge is -2.08. The maximum Gasteiger partial charge on any atom is 0.227 e. The van der Waals surface area contributed by atoms with Crippen LogP contribution in [0.3, 0.4) is 0 Å². The zero-order chi connectivity index (χ0) is 13.8. The molecule has 19 heavy (non-hydrogen) atoms. The topological polar surface area (TPSA) is 53.3 Å². The van der Waals surface area contributed by atoms with E-state index in [0.29, 0.717) is 22.2 Å². The molecule has 0 saturated carbocycles. The first-order valence-electron chi connectivity index (χ1n) is 5.57. The molecule has 0 fully saturated rings. The summed E-state index contributed by atoms with van der Waals surface area (Å²) in [5.41, 5.74) is 0.547. The number of aryl methyl sites for hydroxylation is 1. The van der Waals surface area contributed by atoms with E-state index < -0.39 is 0 Å².